The third kappa shape index (κ3) is 4.92. The summed E-state index contributed by atoms with van der Waals surface area (Å²) in [6.45, 7) is 4.81. The molecule has 7 nitrogen and oxygen atoms in total. The number of piperidine rings is 1. The number of nitrogens with zero attached hydrogens (tertiary/aromatic N) is 1. The Bertz CT molecular complexity index is 1020. The molecular formula is C22H25ClN4O3S. The fourth-order valence-electron chi connectivity index (χ4n) is 3.85. The van der Waals surface area contributed by atoms with Crippen LogP contribution in [0.3, 0.4) is 0 Å². The minimum Gasteiger partial charge on any atom is -0.385 e. The second-order valence-electron chi connectivity index (χ2n) is 7.89. The average molecular weight is 461 g/mol. The smallest absolute Gasteiger partial charge is 0.265 e. The summed E-state index contributed by atoms with van der Waals surface area (Å²) < 4.78 is 0. The van der Waals surface area contributed by atoms with Crippen molar-refractivity contribution < 1.29 is 14.4 Å². The summed E-state index contributed by atoms with van der Waals surface area (Å²) in [6, 6.07) is 7.45. The number of imide groups is 1. The van der Waals surface area contributed by atoms with Crippen molar-refractivity contribution in [2.24, 2.45) is 0 Å². The van der Waals surface area contributed by atoms with Gasteiger partial charge < -0.3 is 15.5 Å². The highest BCUT2D eigenvalue weighted by Crippen LogP contribution is 2.33. The Balaban J connectivity index is 1.21. The maximum Gasteiger partial charge on any atom is 0.265 e. The summed E-state index contributed by atoms with van der Waals surface area (Å²) in [6.07, 6.45) is 1.62. The van der Waals surface area contributed by atoms with E-state index in [0.717, 1.165) is 46.2 Å². The van der Waals surface area contributed by atoms with Gasteiger partial charge >= 0.3 is 0 Å². The number of carbonyl (C=O) groups excluding carboxylic acids is 3. The molecule has 0 radical (unpaired) electrons. The van der Waals surface area contributed by atoms with Crippen molar-refractivity contribution in [1.82, 2.24) is 15.5 Å². The molecule has 1 aromatic carbocycles. The summed E-state index contributed by atoms with van der Waals surface area (Å²) >= 11 is 7.62. The van der Waals surface area contributed by atoms with Gasteiger partial charge in [0.25, 0.3) is 5.91 Å². The SMILES string of the molecule is Cc1ccc(NCCCNCc2cc3c(s2)C(=O)N(C2CCC(=O)NC2=O)C3)cc1Cl. The molecule has 3 amide bonds. The minimum absolute atomic E-state index is 0.110. The fraction of sp³-hybridized carbons (Fsp3) is 0.409. The molecule has 9 heteroatoms. The van der Waals surface area contributed by atoms with Crippen LogP contribution in [0.25, 0.3) is 0 Å². The molecule has 0 saturated carbocycles. The zero-order chi connectivity index (χ0) is 22.0. The van der Waals surface area contributed by atoms with Crippen molar-refractivity contribution >= 4 is 46.3 Å². The lowest BCUT2D eigenvalue weighted by atomic mass is 10.0. The number of thiophene rings is 1. The molecule has 1 aromatic heterocycles. The summed E-state index contributed by atoms with van der Waals surface area (Å²) in [5, 5.41) is 9.87. The van der Waals surface area contributed by atoms with Crippen LogP contribution in [0.15, 0.2) is 24.3 Å². The predicted molar refractivity (Wildman–Crippen MR) is 121 cm³/mol. The van der Waals surface area contributed by atoms with Gasteiger partial charge in [-0.15, -0.1) is 11.3 Å². The number of anilines is 1. The lowest BCUT2D eigenvalue weighted by molar-refractivity contribution is -0.136. The Morgan fingerprint density at radius 2 is 2.06 bits per heavy atom. The molecule has 1 saturated heterocycles. The van der Waals surface area contributed by atoms with Crippen molar-refractivity contribution in [2.45, 2.75) is 45.3 Å². The van der Waals surface area contributed by atoms with Gasteiger partial charge in [-0.05, 0) is 55.6 Å². The fourth-order valence-corrected chi connectivity index (χ4v) is 5.13. The van der Waals surface area contributed by atoms with E-state index in [-0.39, 0.29) is 24.1 Å². The number of hydrogen-bond donors (Lipinski definition) is 3. The van der Waals surface area contributed by atoms with E-state index in [2.05, 4.69) is 16.0 Å². The van der Waals surface area contributed by atoms with Crippen molar-refractivity contribution in [3.63, 3.8) is 0 Å². The monoisotopic (exact) mass is 460 g/mol. The maximum atomic E-state index is 12.8. The van der Waals surface area contributed by atoms with Gasteiger partial charge in [-0.25, -0.2) is 0 Å². The van der Waals surface area contributed by atoms with Gasteiger partial charge in [-0.1, -0.05) is 17.7 Å². The van der Waals surface area contributed by atoms with Crippen molar-refractivity contribution in [1.29, 1.82) is 0 Å². The van der Waals surface area contributed by atoms with E-state index in [1.54, 1.807) is 4.90 Å². The lowest BCUT2D eigenvalue weighted by Crippen LogP contribution is -2.52. The molecule has 1 unspecified atom stereocenters. The molecule has 3 heterocycles. The predicted octanol–water partition coefficient (Wildman–Crippen LogP) is 3.06. The van der Waals surface area contributed by atoms with Crippen LogP contribution in [0, 0.1) is 6.92 Å². The highest BCUT2D eigenvalue weighted by molar-refractivity contribution is 7.14. The Kier molecular flexibility index (Phi) is 6.60. The van der Waals surface area contributed by atoms with Crippen LogP contribution in [0.4, 0.5) is 5.69 Å². The lowest BCUT2D eigenvalue weighted by Gasteiger charge is -2.29. The van der Waals surface area contributed by atoms with Crippen LogP contribution in [0.5, 0.6) is 0 Å². The topological polar surface area (TPSA) is 90.5 Å². The van der Waals surface area contributed by atoms with Crippen molar-refractivity contribution in [3.8, 4) is 0 Å². The summed E-state index contributed by atoms with van der Waals surface area (Å²) in [5.41, 5.74) is 3.05. The normalized spacial score (nSPS) is 18.3. The van der Waals surface area contributed by atoms with Crippen LogP contribution < -0.4 is 16.0 Å². The molecule has 2 aliphatic heterocycles. The van der Waals surface area contributed by atoms with E-state index in [4.69, 9.17) is 11.6 Å². The molecule has 164 valence electrons. The molecule has 2 aromatic rings. The number of rotatable bonds is 8. The number of halogens is 1. The highest BCUT2D eigenvalue weighted by atomic mass is 35.5. The summed E-state index contributed by atoms with van der Waals surface area (Å²) in [5.74, 6) is -0.751. The quantitative estimate of drug-likeness (QED) is 0.416. The summed E-state index contributed by atoms with van der Waals surface area (Å²) in [7, 11) is 0. The largest absolute Gasteiger partial charge is 0.385 e. The maximum absolute atomic E-state index is 12.8. The second-order valence-corrected chi connectivity index (χ2v) is 9.43. The van der Waals surface area contributed by atoms with Gasteiger partial charge in [0.15, 0.2) is 0 Å². The first-order valence-corrected chi connectivity index (χ1v) is 11.6. The van der Waals surface area contributed by atoms with Crippen molar-refractivity contribution in [3.05, 3.63) is 50.2 Å². The molecule has 3 N–H and O–H groups in total. The number of benzene rings is 1. The van der Waals surface area contributed by atoms with Gasteiger partial charge in [-0.2, -0.15) is 0 Å². The molecule has 0 aliphatic carbocycles. The van der Waals surface area contributed by atoms with E-state index in [1.165, 1.54) is 11.3 Å². The highest BCUT2D eigenvalue weighted by Gasteiger charge is 2.40. The van der Waals surface area contributed by atoms with Crippen molar-refractivity contribution in [2.75, 3.05) is 18.4 Å². The van der Waals surface area contributed by atoms with Gasteiger partial charge in [0.1, 0.15) is 6.04 Å². The molecule has 1 atom stereocenters. The minimum atomic E-state index is -0.553. The number of nitrogens with one attached hydrogen (secondary N) is 3. The second kappa shape index (κ2) is 9.38. The van der Waals surface area contributed by atoms with Crippen LogP contribution >= 0.6 is 22.9 Å². The third-order valence-electron chi connectivity index (χ3n) is 5.57. The molecule has 2 aliphatic rings. The van der Waals surface area contributed by atoms with E-state index < -0.39 is 6.04 Å². The van der Waals surface area contributed by atoms with E-state index >= 15 is 0 Å². The first-order valence-electron chi connectivity index (χ1n) is 10.4. The van der Waals surface area contributed by atoms with Gasteiger partial charge in [0.2, 0.25) is 11.8 Å². The van der Waals surface area contributed by atoms with Gasteiger partial charge in [0, 0.05) is 41.6 Å². The molecule has 1 fully saturated rings. The number of carbonyl (C=O) groups is 3. The van der Waals surface area contributed by atoms with Gasteiger partial charge in [0.05, 0.1) is 4.88 Å². The van der Waals surface area contributed by atoms with E-state index in [1.807, 2.05) is 31.2 Å². The molecule has 0 spiro atoms. The summed E-state index contributed by atoms with van der Waals surface area (Å²) in [4.78, 5) is 39.6. The van der Waals surface area contributed by atoms with Crippen LogP contribution in [-0.4, -0.2) is 41.8 Å². The Hall–Kier alpha value is -2.42. The first-order chi connectivity index (χ1) is 14.9. The Morgan fingerprint density at radius 3 is 2.81 bits per heavy atom. The van der Waals surface area contributed by atoms with Gasteiger partial charge in [-0.3, -0.25) is 19.7 Å². The number of amides is 3. The van der Waals surface area contributed by atoms with Crippen LogP contribution in [0.2, 0.25) is 5.02 Å². The third-order valence-corrected chi connectivity index (χ3v) is 7.15. The zero-order valence-electron chi connectivity index (χ0n) is 17.3. The zero-order valence-corrected chi connectivity index (χ0v) is 18.9. The first kappa shape index (κ1) is 21.8. The Labute approximate surface area is 190 Å². The number of hydrogen-bond acceptors (Lipinski definition) is 6. The average Bonchev–Trinajstić information content (AvgIpc) is 3.26. The van der Waals surface area contributed by atoms with Crippen LogP contribution in [-0.2, 0) is 22.7 Å². The molecule has 0 bridgehead atoms. The van der Waals surface area contributed by atoms with E-state index in [9.17, 15) is 14.4 Å². The standard InChI is InChI=1S/C22H25ClN4O3S/c1-13-3-4-15(10-17(13)23)25-8-2-7-24-11-16-9-14-12-27(22(30)20(14)31-16)18-5-6-19(28)26-21(18)29/h3-4,9-10,18,24-25H,2,5-8,11-12H2,1H3,(H,26,28,29). The van der Waals surface area contributed by atoms with E-state index in [0.29, 0.717) is 24.4 Å². The number of fused-ring (bicyclic) bond motifs is 1. The number of aryl methyl sites for hydroxylation is 1. The molecule has 4 rings (SSSR count). The van der Waals surface area contributed by atoms with Crippen LogP contribution in [0.1, 0.15) is 44.9 Å². The Morgan fingerprint density at radius 1 is 1.23 bits per heavy atom. The molecule has 31 heavy (non-hydrogen) atoms. The molecular weight excluding hydrogens is 436 g/mol.